The highest BCUT2D eigenvalue weighted by Crippen LogP contribution is 2.42. The smallest absolute Gasteiger partial charge is 0.0538 e. The Bertz CT molecular complexity index is 3050. The molecule has 0 amide bonds. The molecule has 0 bridgehead atoms. The van der Waals surface area contributed by atoms with E-state index >= 15 is 0 Å². The van der Waals surface area contributed by atoms with Gasteiger partial charge in [-0.05, 0) is 144 Å². The largest absolute Gasteiger partial charge is 0.316 e. The highest BCUT2D eigenvalue weighted by Gasteiger charge is 2.20. The monoisotopic (exact) mass is 969 g/mol. The summed E-state index contributed by atoms with van der Waals surface area (Å²) in [5, 5.41) is 2.50. The molecule has 0 atom stereocenters. The minimum atomic E-state index is 0.788. The van der Waals surface area contributed by atoms with E-state index in [9.17, 15) is 0 Å². The Balaban J connectivity index is 0.000000943. The van der Waals surface area contributed by atoms with E-state index in [4.69, 9.17) is 0 Å². The maximum Gasteiger partial charge on any atom is 0.0538 e. The molecular formula is C69H80N2S. The molecule has 1 aromatic heterocycles. The fraction of sp³-hybridized carbons (Fsp3) is 0.217. The van der Waals surface area contributed by atoms with Crippen molar-refractivity contribution >= 4 is 63.2 Å². The molecule has 0 saturated heterocycles. The van der Waals surface area contributed by atoms with Crippen LogP contribution in [-0.4, -0.2) is 10.8 Å². The van der Waals surface area contributed by atoms with E-state index in [2.05, 4.69) is 253 Å². The Morgan fingerprint density at radius 3 is 2.01 bits per heavy atom. The Morgan fingerprint density at radius 2 is 1.33 bits per heavy atom. The first kappa shape index (κ1) is 57.5. The van der Waals surface area contributed by atoms with Gasteiger partial charge in [-0.3, -0.25) is 0 Å². The van der Waals surface area contributed by atoms with Crippen molar-refractivity contribution in [3.05, 3.63) is 247 Å². The number of benzene rings is 6. The third kappa shape index (κ3) is 14.7. The molecule has 7 aromatic rings. The van der Waals surface area contributed by atoms with Crippen LogP contribution in [0.5, 0.6) is 0 Å². The molecule has 0 radical (unpaired) electrons. The standard InChI is InChI=1S/C59H54N2.C5H10.2C2H6.CH4S/c1-7-10-11-12-14-23-45-36-51(46-24-15-13-16-25-46)39-52(37-45)60-41-56(53-26-18-17-22-43(53)5)49(21-8-2)35-42(4)29-30-50-38-47(31-33-57(50)60)48-32-34-59-55(40-48)54-27-19-20-28-58(54)61(59)44(6)9-3;1-3-5-4-2;3*1-2/h7,9-20,22,24-41H,1,4,8,21,23H2,2-3,5-6H3;3H,1,4-5H2,2H3;2*1-2H3;2H,1H3/b11-10-,14-12-,30-29-,44-9+,49-35-,56-41+;;;;. The molecule has 72 heavy (non-hydrogen) atoms. The summed E-state index contributed by atoms with van der Waals surface area (Å²) in [6.45, 7) is 30.8. The minimum absolute atomic E-state index is 0.788. The van der Waals surface area contributed by atoms with Crippen LogP contribution < -0.4 is 4.90 Å². The maximum atomic E-state index is 4.56. The highest BCUT2D eigenvalue weighted by atomic mass is 32.1. The second kappa shape index (κ2) is 30.6. The van der Waals surface area contributed by atoms with Gasteiger partial charge in [0.25, 0.3) is 0 Å². The van der Waals surface area contributed by atoms with Crippen LogP contribution >= 0.6 is 12.6 Å². The van der Waals surface area contributed by atoms with Gasteiger partial charge in [-0.1, -0.05) is 219 Å². The Kier molecular flexibility index (Phi) is 24.5. The van der Waals surface area contributed by atoms with Gasteiger partial charge < -0.3 is 9.47 Å². The lowest BCUT2D eigenvalue weighted by molar-refractivity contribution is 0.928. The zero-order valence-electron chi connectivity index (χ0n) is 45.1. The van der Waals surface area contributed by atoms with Gasteiger partial charge in [0.1, 0.15) is 0 Å². The number of rotatable bonds is 13. The summed E-state index contributed by atoms with van der Waals surface area (Å²) in [6, 6.07) is 49.1. The zero-order chi connectivity index (χ0) is 52.4. The van der Waals surface area contributed by atoms with Crippen LogP contribution in [0.25, 0.3) is 61.4 Å². The number of hydrogen-bond donors (Lipinski definition) is 1. The molecule has 8 rings (SSSR count). The number of nitrogens with zero attached hydrogens (tertiary/aromatic N) is 2. The van der Waals surface area contributed by atoms with Crippen molar-refractivity contribution < 1.29 is 0 Å². The van der Waals surface area contributed by atoms with Crippen LogP contribution in [0, 0.1) is 6.92 Å². The molecule has 0 unspecified atom stereocenters. The molecule has 6 aromatic carbocycles. The average Bonchev–Trinajstić information content (AvgIpc) is 3.76. The summed E-state index contributed by atoms with van der Waals surface area (Å²) >= 11 is 3.53. The van der Waals surface area contributed by atoms with E-state index in [1.807, 2.05) is 45.9 Å². The van der Waals surface area contributed by atoms with Gasteiger partial charge in [-0.15, -0.1) is 6.58 Å². The molecule has 2 nitrogen and oxygen atoms in total. The summed E-state index contributed by atoms with van der Waals surface area (Å²) in [5.41, 5.74) is 18.8. The lowest BCUT2D eigenvalue weighted by Gasteiger charge is -2.28. The van der Waals surface area contributed by atoms with Crippen molar-refractivity contribution in [2.75, 3.05) is 11.2 Å². The van der Waals surface area contributed by atoms with E-state index < -0.39 is 0 Å². The van der Waals surface area contributed by atoms with E-state index in [-0.39, 0.29) is 0 Å². The number of unbranched alkanes of at least 4 members (excludes halogenated alkanes) is 1. The summed E-state index contributed by atoms with van der Waals surface area (Å²) < 4.78 is 2.37. The minimum Gasteiger partial charge on any atom is -0.316 e. The van der Waals surface area contributed by atoms with E-state index in [0.717, 1.165) is 53.8 Å². The average molecular weight is 969 g/mol. The molecule has 1 aliphatic heterocycles. The first-order valence-electron chi connectivity index (χ1n) is 25.9. The lowest BCUT2D eigenvalue weighted by atomic mass is 9.90. The quantitative estimate of drug-likeness (QED) is 0.0688. The van der Waals surface area contributed by atoms with E-state index in [1.165, 1.54) is 78.5 Å². The van der Waals surface area contributed by atoms with Gasteiger partial charge in [0.15, 0.2) is 0 Å². The summed E-state index contributed by atoms with van der Waals surface area (Å²) in [6.07, 6.45) is 30.1. The molecule has 0 fully saturated rings. The van der Waals surface area contributed by atoms with Crippen molar-refractivity contribution in [2.45, 2.75) is 94.4 Å². The van der Waals surface area contributed by atoms with Crippen LogP contribution in [0.2, 0.25) is 0 Å². The van der Waals surface area contributed by atoms with Crippen LogP contribution in [0.1, 0.15) is 103 Å². The number of aryl methyl sites for hydroxylation is 1. The Labute approximate surface area is 440 Å². The number of aromatic nitrogens is 1. The van der Waals surface area contributed by atoms with E-state index in [0.29, 0.717) is 0 Å². The second-order valence-electron chi connectivity index (χ2n) is 16.9. The molecule has 3 heteroatoms. The number of hydrogen-bond acceptors (Lipinski definition) is 2. The SMILES string of the molecule is C=C/C=C\C=C/Cc1cc(-c2ccccc2)cc(N2/C=C(c3ccccc3C)\C(CCC)=C/C(=C)/C=C\c3cc(-c4ccc5c(c4)c4ccccc4n5/C(C)=C/C)ccc32)c1.C=CCCC.CC.CC.CS. The zero-order valence-corrected chi connectivity index (χ0v) is 45.9. The van der Waals surface area contributed by atoms with Crippen molar-refractivity contribution in [1.82, 2.24) is 4.57 Å². The Hall–Kier alpha value is -7.07. The van der Waals surface area contributed by atoms with Gasteiger partial charge >= 0.3 is 0 Å². The second-order valence-corrected chi connectivity index (χ2v) is 16.9. The summed E-state index contributed by atoms with van der Waals surface area (Å²) in [4.78, 5) is 2.43. The van der Waals surface area contributed by atoms with Crippen molar-refractivity contribution in [1.29, 1.82) is 0 Å². The third-order valence-electron chi connectivity index (χ3n) is 12.2. The maximum absolute atomic E-state index is 4.56. The van der Waals surface area contributed by atoms with Crippen molar-refractivity contribution in [2.24, 2.45) is 0 Å². The fourth-order valence-corrected chi connectivity index (χ4v) is 8.74. The lowest BCUT2D eigenvalue weighted by Crippen LogP contribution is -2.13. The predicted molar refractivity (Wildman–Crippen MR) is 330 cm³/mol. The Morgan fingerprint density at radius 1 is 0.653 bits per heavy atom. The number of thiol groups is 1. The van der Waals surface area contributed by atoms with Gasteiger partial charge in [-0.25, -0.2) is 0 Å². The fourth-order valence-electron chi connectivity index (χ4n) is 8.74. The van der Waals surface area contributed by atoms with Gasteiger partial charge in [-0.2, -0.15) is 12.6 Å². The third-order valence-corrected chi connectivity index (χ3v) is 12.2. The van der Waals surface area contributed by atoms with Gasteiger partial charge in [0.05, 0.1) is 16.7 Å². The van der Waals surface area contributed by atoms with Crippen molar-refractivity contribution in [3.8, 4) is 22.3 Å². The first-order valence-corrected chi connectivity index (χ1v) is 26.8. The number of fused-ring (bicyclic) bond motifs is 4. The first-order chi connectivity index (χ1) is 35.3. The predicted octanol–water partition coefficient (Wildman–Crippen LogP) is 21.2. The van der Waals surface area contributed by atoms with Gasteiger partial charge in [0, 0.05) is 33.9 Å². The van der Waals surface area contributed by atoms with Crippen LogP contribution in [-0.2, 0) is 6.42 Å². The summed E-state index contributed by atoms with van der Waals surface area (Å²) in [5.74, 6) is 0. The van der Waals surface area contributed by atoms with Gasteiger partial charge in [0.2, 0.25) is 0 Å². The molecule has 0 saturated carbocycles. The molecule has 372 valence electrons. The normalized spacial score (nSPS) is 14.2. The molecule has 1 aliphatic rings. The number of anilines is 2. The van der Waals surface area contributed by atoms with E-state index in [1.54, 1.807) is 12.3 Å². The molecule has 0 N–H and O–H groups in total. The molecule has 0 spiro atoms. The van der Waals surface area contributed by atoms with Crippen LogP contribution in [0.4, 0.5) is 11.4 Å². The highest BCUT2D eigenvalue weighted by molar-refractivity contribution is 7.79. The molecular weight excluding hydrogens is 889 g/mol. The summed E-state index contributed by atoms with van der Waals surface area (Å²) in [7, 11) is 0. The van der Waals surface area contributed by atoms with Crippen LogP contribution in [0.15, 0.2) is 225 Å². The molecule has 2 heterocycles. The van der Waals surface area contributed by atoms with Crippen LogP contribution in [0.3, 0.4) is 0 Å². The topological polar surface area (TPSA) is 8.17 Å². The number of para-hydroxylation sites is 1. The molecule has 0 aliphatic carbocycles. The number of allylic oxidation sites excluding steroid dienone is 13. The van der Waals surface area contributed by atoms with Crippen molar-refractivity contribution in [3.63, 3.8) is 0 Å².